The summed E-state index contributed by atoms with van der Waals surface area (Å²) in [5.74, 6) is 1.37. The molecule has 3 heterocycles. The van der Waals surface area contributed by atoms with E-state index in [1.165, 1.54) is 19.2 Å². The molecule has 2 aromatic rings. The number of morpholine rings is 1. The SMILES string of the molecule is Cc1c(Nc2ccc(CC3CC3)cc2F)ncnc1OC1CC2COCC(C1)N2C(=O)OCC(C)(C)C. The van der Waals surface area contributed by atoms with Crippen LogP contribution < -0.4 is 10.1 Å². The van der Waals surface area contributed by atoms with Crippen LogP contribution in [-0.4, -0.2) is 59.0 Å². The highest BCUT2D eigenvalue weighted by atomic mass is 19.1. The molecular formula is C28H37FN4O4. The number of nitrogens with one attached hydrogen (secondary N) is 1. The molecule has 2 saturated heterocycles. The number of hydrogen-bond donors (Lipinski definition) is 1. The number of anilines is 2. The van der Waals surface area contributed by atoms with E-state index in [0.717, 1.165) is 12.0 Å². The second-order valence-corrected chi connectivity index (χ2v) is 11.8. The van der Waals surface area contributed by atoms with Crippen LogP contribution in [0.5, 0.6) is 5.88 Å². The highest BCUT2D eigenvalue weighted by Gasteiger charge is 2.43. The molecule has 1 saturated carbocycles. The molecule has 2 aliphatic heterocycles. The Labute approximate surface area is 217 Å². The molecule has 1 aromatic carbocycles. The van der Waals surface area contributed by atoms with Crippen molar-refractivity contribution in [1.29, 1.82) is 0 Å². The van der Waals surface area contributed by atoms with Crippen LogP contribution in [0.4, 0.5) is 20.7 Å². The van der Waals surface area contributed by atoms with Gasteiger partial charge >= 0.3 is 6.09 Å². The van der Waals surface area contributed by atoms with Crippen molar-refractivity contribution in [2.75, 3.05) is 25.1 Å². The van der Waals surface area contributed by atoms with Gasteiger partial charge in [0.05, 0.1) is 43.2 Å². The molecule has 0 radical (unpaired) electrons. The van der Waals surface area contributed by atoms with Crippen molar-refractivity contribution in [3.05, 3.63) is 41.5 Å². The summed E-state index contributed by atoms with van der Waals surface area (Å²) in [6.07, 6.45) is 5.63. The summed E-state index contributed by atoms with van der Waals surface area (Å²) in [5, 5.41) is 3.11. The van der Waals surface area contributed by atoms with Crippen LogP contribution in [0.1, 0.15) is 57.6 Å². The summed E-state index contributed by atoms with van der Waals surface area (Å²) in [6, 6.07) is 5.11. The van der Waals surface area contributed by atoms with Crippen LogP contribution >= 0.6 is 0 Å². The fourth-order valence-corrected chi connectivity index (χ4v) is 5.02. The number of amides is 1. The lowest BCUT2D eigenvalue weighted by Gasteiger charge is -2.47. The van der Waals surface area contributed by atoms with E-state index < -0.39 is 0 Å². The van der Waals surface area contributed by atoms with Gasteiger partial charge in [-0.1, -0.05) is 26.8 Å². The largest absolute Gasteiger partial charge is 0.474 e. The zero-order valence-electron chi connectivity index (χ0n) is 22.1. The van der Waals surface area contributed by atoms with E-state index in [0.29, 0.717) is 61.5 Å². The average molecular weight is 513 g/mol. The van der Waals surface area contributed by atoms with Crippen LogP contribution in [0.15, 0.2) is 24.5 Å². The highest BCUT2D eigenvalue weighted by molar-refractivity contribution is 5.69. The number of rotatable bonds is 7. The Morgan fingerprint density at radius 1 is 1.19 bits per heavy atom. The molecule has 5 rings (SSSR count). The Morgan fingerprint density at radius 3 is 2.57 bits per heavy atom. The number of ether oxygens (including phenoxy) is 3. The Bertz CT molecular complexity index is 1120. The Kier molecular flexibility index (Phi) is 7.25. The van der Waals surface area contributed by atoms with Gasteiger partial charge in [-0.2, -0.15) is 0 Å². The van der Waals surface area contributed by atoms with E-state index in [2.05, 4.69) is 15.3 Å². The minimum atomic E-state index is -0.294. The fraction of sp³-hybridized carbons (Fsp3) is 0.607. The van der Waals surface area contributed by atoms with E-state index in [1.54, 1.807) is 12.1 Å². The van der Waals surface area contributed by atoms with Crippen molar-refractivity contribution >= 4 is 17.6 Å². The monoisotopic (exact) mass is 512 g/mol. The van der Waals surface area contributed by atoms with Gasteiger partial charge in [-0.3, -0.25) is 4.90 Å². The molecule has 1 aromatic heterocycles. The van der Waals surface area contributed by atoms with Gasteiger partial charge in [-0.15, -0.1) is 0 Å². The van der Waals surface area contributed by atoms with Gasteiger partial charge in [0.15, 0.2) is 0 Å². The number of aromatic nitrogens is 2. The van der Waals surface area contributed by atoms with Gasteiger partial charge in [0.1, 0.15) is 24.1 Å². The van der Waals surface area contributed by atoms with E-state index in [1.807, 2.05) is 38.7 Å². The van der Waals surface area contributed by atoms with Crippen LogP contribution in [0.2, 0.25) is 0 Å². The standard InChI is InChI=1S/C28H37FN4O4/c1-17-25(32-24-8-7-19(10-23(24)29)9-18-5-6-18)30-16-31-26(17)37-22-11-20-13-35-14-21(12-22)33(20)27(34)36-15-28(2,3)4/h7-8,10,16,18,20-22H,5-6,9,11-15H2,1-4H3,(H,30,31,32). The highest BCUT2D eigenvalue weighted by Crippen LogP contribution is 2.35. The lowest BCUT2D eigenvalue weighted by molar-refractivity contribution is -0.0928. The maximum absolute atomic E-state index is 14.8. The normalized spacial score (nSPS) is 23.5. The van der Waals surface area contributed by atoms with Gasteiger partial charge in [-0.05, 0) is 55.2 Å². The van der Waals surface area contributed by atoms with Crippen LogP contribution in [0, 0.1) is 24.1 Å². The molecule has 2 unspecified atom stereocenters. The summed E-state index contributed by atoms with van der Waals surface area (Å²) in [6.45, 7) is 9.24. The van der Waals surface area contributed by atoms with Crippen molar-refractivity contribution in [3.63, 3.8) is 0 Å². The molecule has 37 heavy (non-hydrogen) atoms. The minimum absolute atomic E-state index is 0.0967. The first-order valence-corrected chi connectivity index (χ1v) is 13.2. The molecule has 2 bridgehead atoms. The third-order valence-electron chi connectivity index (χ3n) is 7.14. The predicted molar refractivity (Wildman–Crippen MR) is 138 cm³/mol. The van der Waals surface area contributed by atoms with Gasteiger partial charge < -0.3 is 19.5 Å². The van der Waals surface area contributed by atoms with Crippen molar-refractivity contribution in [2.24, 2.45) is 11.3 Å². The van der Waals surface area contributed by atoms with E-state index in [9.17, 15) is 9.18 Å². The van der Waals surface area contributed by atoms with Crippen molar-refractivity contribution in [3.8, 4) is 5.88 Å². The van der Waals surface area contributed by atoms with Gasteiger partial charge in [0.2, 0.25) is 5.88 Å². The minimum Gasteiger partial charge on any atom is -0.474 e. The lowest BCUT2D eigenvalue weighted by atomic mass is 9.92. The van der Waals surface area contributed by atoms with Crippen LogP contribution in [0.25, 0.3) is 0 Å². The summed E-state index contributed by atoms with van der Waals surface area (Å²) < 4.78 is 32.4. The van der Waals surface area contributed by atoms with Crippen LogP contribution in [-0.2, 0) is 15.9 Å². The van der Waals surface area contributed by atoms with E-state index in [-0.39, 0.29) is 35.5 Å². The zero-order chi connectivity index (χ0) is 26.2. The average Bonchev–Trinajstić information content (AvgIpc) is 3.64. The van der Waals surface area contributed by atoms with Gasteiger partial charge in [-0.25, -0.2) is 19.2 Å². The molecule has 1 N–H and O–H groups in total. The predicted octanol–water partition coefficient (Wildman–Crippen LogP) is 5.41. The summed E-state index contributed by atoms with van der Waals surface area (Å²) in [7, 11) is 0. The molecule has 0 spiro atoms. The number of fused-ring (bicyclic) bond motifs is 2. The topological polar surface area (TPSA) is 85.8 Å². The maximum atomic E-state index is 14.8. The first kappa shape index (κ1) is 25.7. The zero-order valence-corrected chi connectivity index (χ0v) is 22.1. The maximum Gasteiger partial charge on any atom is 0.410 e. The van der Waals surface area contributed by atoms with E-state index in [4.69, 9.17) is 14.2 Å². The third kappa shape index (κ3) is 6.32. The second-order valence-electron chi connectivity index (χ2n) is 11.8. The summed E-state index contributed by atoms with van der Waals surface area (Å²) in [4.78, 5) is 23.3. The number of hydrogen-bond acceptors (Lipinski definition) is 7. The molecule has 8 nitrogen and oxygen atoms in total. The Balaban J connectivity index is 1.24. The first-order valence-electron chi connectivity index (χ1n) is 13.2. The molecule has 1 aliphatic carbocycles. The quantitative estimate of drug-likeness (QED) is 0.531. The molecular weight excluding hydrogens is 475 g/mol. The molecule has 9 heteroatoms. The van der Waals surface area contributed by atoms with Crippen LogP contribution in [0.3, 0.4) is 0 Å². The second kappa shape index (κ2) is 10.4. The number of nitrogens with zero attached hydrogens (tertiary/aromatic N) is 3. The molecule has 3 aliphatic rings. The Morgan fingerprint density at radius 2 is 1.92 bits per heavy atom. The lowest BCUT2D eigenvalue weighted by Crippen LogP contribution is -2.61. The first-order chi connectivity index (χ1) is 17.7. The Hall–Kier alpha value is -2.94. The van der Waals surface area contributed by atoms with E-state index >= 15 is 0 Å². The molecule has 3 fully saturated rings. The third-order valence-corrected chi connectivity index (χ3v) is 7.14. The number of halogens is 1. The smallest absolute Gasteiger partial charge is 0.410 e. The summed E-state index contributed by atoms with van der Waals surface area (Å²) >= 11 is 0. The number of carbonyl (C=O) groups excluding carboxylic acids is 1. The molecule has 200 valence electrons. The van der Waals surface area contributed by atoms with Crippen molar-refractivity contribution < 1.29 is 23.4 Å². The van der Waals surface area contributed by atoms with Gasteiger partial charge in [0, 0.05) is 12.8 Å². The number of benzene rings is 1. The summed E-state index contributed by atoms with van der Waals surface area (Å²) in [5.41, 5.74) is 2.01. The van der Waals surface area contributed by atoms with Crippen molar-refractivity contribution in [1.82, 2.24) is 14.9 Å². The number of carbonyl (C=O) groups is 1. The fourth-order valence-electron chi connectivity index (χ4n) is 5.02. The number of piperidine rings is 1. The molecule has 1 amide bonds. The van der Waals surface area contributed by atoms with Crippen molar-refractivity contribution in [2.45, 2.75) is 78.0 Å². The molecule has 2 atom stereocenters. The van der Waals surface area contributed by atoms with Gasteiger partial charge in [0.25, 0.3) is 0 Å².